The predicted molar refractivity (Wildman–Crippen MR) is 225 cm³/mol. The summed E-state index contributed by atoms with van der Waals surface area (Å²) in [4.78, 5) is 42.9. The van der Waals surface area contributed by atoms with Gasteiger partial charge in [-0.15, -0.1) is 0 Å². The van der Waals surface area contributed by atoms with Crippen LogP contribution in [0, 0.1) is 0 Å². The molecule has 0 aromatic heterocycles. The smallest absolute Gasteiger partial charge is 0.462 e. The summed E-state index contributed by atoms with van der Waals surface area (Å²) in [5.41, 5.74) is 0. The van der Waals surface area contributed by atoms with E-state index >= 15 is 0 Å². The van der Waals surface area contributed by atoms with Gasteiger partial charge in [-0.1, -0.05) is 199 Å². The van der Waals surface area contributed by atoms with Crippen LogP contribution in [-0.2, 0) is 28.2 Å². The molecule has 0 radical (unpaired) electrons. The van der Waals surface area contributed by atoms with Crippen LogP contribution < -0.4 is 0 Å². The van der Waals surface area contributed by atoms with E-state index in [9.17, 15) is 14.2 Å². The molecule has 1 atom stereocenters. The summed E-state index contributed by atoms with van der Waals surface area (Å²) in [7, 11) is -4.75. The minimum Gasteiger partial charge on any atom is -0.462 e. The van der Waals surface area contributed by atoms with Crippen LogP contribution in [-0.4, -0.2) is 41.0 Å². The van der Waals surface area contributed by atoms with Crippen molar-refractivity contribution in [2.45, 2.75) is 238 Å². The molecular weight excluding hydrogens is 699 g/mol. The zero-order valence-corrected chi connectivity index (χ0v) is 36.0. The molecule has 2 N–H and O–H groups in total. The maximum atomic E-state index is 12.4. The van der Waals surface area contributed by atoms with Crippen molar-refractivity contribution in [1.29, 1.82) is 0 Å². The zero-order valence-electron chi connectivity index (χ0n) is 35.1. The van der Waals surface area contributed by atoms with Crippen molar-refractivity contribution in [3.63, 3.8) is 0 Å². The van der Waals surface area contributed by atoms with Gasteiger partial charge in [-0.05, 0) is 44.9 Å². The minimum absolute atomic E-state index is 0.210. The van der Waals surface area contributed by atoms with Gasteiger partial charge in [0, 0.05) is 12.8 Å². The summed E-state index contributed by atoms with van der Waals surface area (Å²) in [6.45, 7) is 3.69. The number of phosphoric ester groups is 1. The summed E-state index contributed by atoms with van der Waals surface area (Å²) in [6.07, 6.45) is 47.5. The first-order valence-corrected chi connectivity index (χ1v) is 24.2. The van der Waals surface area contributed by atoms with Crippen molar-refractivity contribution < 1.29 is 37.9 Å². The molecule has 0 aliphatic rings. The highest BCUT2D eigenvalue weighted by Crippen LogP contribution is 2.36. The maximum absolute atomic E-state index is 12.4. The van der Waals surface area contributed by atoms with Gasteiger partial charge in [0.15, 0.2) is 6.10 Å². The highest BCUT2D eigenvalue weighted by atomic mass is 31.2. The first-order chi connectivity index (χ1) is 26.3. The van der Waals surface area contributed by atoms with E-state index in [-0.39, 0.29) is 19.4 Å². The molecule has 0 saturated carbocycles. The molecular formula is C45H85O8P. The van der Waals surface area contributed by atoms with Gasteiger partial charge in [0.2, 0.25) is 0 Å². The van der Waals surface area contributed by atoms with E-state index < -0.39 is 32.5 Å². The Balaban J connectivity index is 3.86. The second-order valence-electron chi connectivity index (χ2n) is 15.4. The predicted octanol–water partition coefficient (Wildman–Crippen LogP) is 14.0. The number of hydrogen-bond donors (Lipinski definition) is 2. The van der Waals surface area contributed by atoms with Gasteiger partial charge in [-0.3, -0.25) is 14.1 Å². The summed E-state index contributed by atoms with van der Waals surface area (Å²) in [5.74, 6) is -0.878. The molecule has 0 unspecified atom stereocenters. The fourth-order valence-corrected chi connectivity index (χ4v) is 6.94. The molecule has 0 saturated heterocycles. The Morgan fingerprint density at radius 1 is 0.481 bits per heavy atom. The number of esters is 2. The van der Waals surface area contributed by atoms with Gasteiger partial charge in [0.1, 0.15) is 6.61 Å². The number of phosphoric acid groups is 1. The van der Waals surface area contributed by atoms with Crippen molar-refractivity contribution in [3.05, 3.63) is 24.3 Å². The number of carbonyl (C=O) groups excluding carboxylic acids is 2. The van der Waals surface area contributed by atoms with Crippen molar-refractivity contribution in [1.82, 2.24) is 0 Å². The third-order valence-electron chi connectivity index (χ3n) is 9.97. The Hall–Kier alpha value is -1.47. The van der Waals surface area contributed by atoms with Crippen LogP contribution in [0.5, 0.6) is 0 Å². The van der Waals surface area contributed by atoms with Crippen LogP contribution in [0.2, 0.25) is 0 Å². The molecule has 318 valence electrons. The van der Waals surface area contributed by atoms with Crippen LogP contribution in [0.4, 0.5) is 0 Å². The second kappa shape index (κ2) is 41.2. The Morgan fingerprint density at radius 3 is 1.26 bits per heavy atom. The highest BCUT2D eigenvalue weighted by Gasteiger charge is 2.23. The van der Waals surface area contributed by atoms with E-state index in [0.717, 1.165) is 51.4 Å². The Labute approximate surface area is 332 Å². The van der Waals surface area contributed by atoms with Gasteiger partial charge < -0.3 is 19.3 Å². The molecule has 9 heteroatoms. The molecule has 54 heavy (non-hydrogen) atoms. The average Bonchev–Trinajstić information content (AvgIpc) is 3.14. The fraction of sp³-hybridized carbons (Fsp3) is 0.867. The van der Waals surface area contributed by atoms with E-state index in [1.165, 1.54) is 148 Å². The second-order valence-corrected chi connectivity index (χ2v) is 16.6. The molecule has 0 spiro atoms. The van der Waals surface area contributed by atoms with Gasteiger partial charge in [0.05, 0.1) is 6.61 Å². The lowest BCUT2D eigenvalue weighted by Crippen LogP contribution is -2.29. The molecule has 0 amide bonds. The van der Waals surface area contributed by atoms with Crippen LogP contribution >= 0.6 is 7.82 Å². The van der Waals surface area contributed by atoms with Crippen molar-refractivity contribution in [2.75, 3.05) is 13.2 Å². The summed E-state index contributed by atoms with van der Waals surface area (Å²) >= 11 is 0. The third-order valence-corrected chi connectivity index (χ3v) is 10.5. The monoisotopic (exact) mass is 785 g/mol. The molecule has 0 rings (SSSR count). The Morgan fingerprint density at radius 2 is 0.833 bits per heavy atom. The lowest BCUT2D eigenvalue weighted by molar-refractivity contribution is -0.161. The third kappa shape index (κ3) is 43.3. The lowest BCUT2D eigenvalue weighted by Gasteiger charge is -2.18. The normalized spacial score (nSPS) is 12.6. The van der Waals surface area contributed by atoms with E-state index in [1.54, 1.807) is 0 Å². The zero-order chi connectivity index (χ0) is 39.6. The maximum Gasteiger partial charge on any atom is 0.469 e. The van der Waals surface area contributed by atoms with E-state index in [2.05, 4.69) is 42.7 Å². The molecule has 0 aromatic carbocycles. The standard InChI is InChI=1S/C45H85O8P/c1-3-5-7-9-11-13-15-17-19-21-22-24-26-28-30-32-34-36-38-40-45(47)53-43(42-52-54(48,49)50)41-51-44(46)39-37-35-33-31-29-27-25-23-20-18-16-14-12-10-8-6-4-2/h11,13,17,19,43H,3-10,12,14-16,18,20-42H2,1-2H3,(H2,48,49,50)/b13-11-,19-17-/t43-/m1/s1. The number of ether oxygens (including phenoxy) is 2. The van der Waals surface area contributed by atoms with E-state index in [4.69, 9.17) is 19.3 Å². The van der Waals surface area contributed by atoms with Crippen LogP contribution in [0.1, 0.15) is 232 Å². The summed E-state index contributed by atoms with van der Waals surface area (Å²) in [6, 6.07) is 0. The Bertz CT molecular complexity index is 931. The lowest BCUT2D eigenvalue weighted by atomic mass is 10.0. The van der Waals surface area contributed by atoms with E-state index in [0.29, 0.717) is 6.42 Å². The van der Waals surface area contributed by atoms with Crippen LogP contribution in [0.15, 0.2) is 24.3 Å². The highest BCUT2D eigenvalue weighted by molar-refractivity contribution is 7.46. The van der Waals surface area contributed by atoms with Gasteiger partial charge >= 0.3 is 19.8 Å². The largest absolute Gasteiger partial charge is 0.469 e. The number of allylic oxidation sites excluding steroid dienone is 4. The molecule has 0 bridgehead atoms. The van der Waals surface area contributed by atoms with Gasteiger partial charge in [0.25, 0.3) is 0 Å². The Kier molecular flexibility index (Phi) is 40.1. The van der Waals surface area contributed by atoms with Crippen molar-refractivity contribution in [3.8, 4) is 0 Å². The topological polar surface area (TPSA) is 119 Å². The van der Waals surface area contributed by atoms with Crippen LogP contribution in [0.3, 0.4) is 0 Å². The molecule has 0 fully saturated rings. The molecule has 8 nitrogen and oxygen atoms in total. The number of carbonyl (C=O) groups is 2. The molecule has 0 aromatic rings. The minimum atomic E-state index is -4.75. The summed E-state index contributed by atoms with van der Waals surface area (Å²) in [5, 5.41) is 0. The number of rotatable bonds is 42. The van der Waals surface area contributed by atoms with Gasteiger partial charge in [-0.25, -0.2) is 4.57 Å². The van der Waals surface area contributed by atoms with E-state index in [1.807, 2.05) is 0 Å². The van der Waals surface area contributed by atoms with Gasteiger partial charge in [-0.2, -0.15) is 0 Å². The average molecular weight is 785 g/mol. The van der Waals surface area contributed by atoms with Crippen molar-refractivity contribution >= 4 is 19.8 Å². The number of hydrogen-bond acceptors (Lipinski definition) is 6. The SMILES string of the molecule is CCCCC/C=C\C/C=C\CCCCCCCCCCCC(=O)O[C@H](COC(=O)CCCCCCCCCCCCCCCCCCC)COP(=O)(O)O. The quantitative estimate of drug-likeness (QED) is 0.0272. The first-order valence-electron chi connectivity index (χ1n) is 22.6. The molecule has 0 aliphatic heterocycles. The summed E-state index contributed by atoms with van der Waals surface area (Å²) < 4.78 is 26.5. The van der Waals surface area contributed by atoms with Crippen molar-refractivity contribution in [2.24, 2.45) is 0 Å². The fourth-order valence-electron chi connectivity index (χ4n) is 6.58. The molecule has 0 aliphatic carbocycles. The number of unbranched alkanes of at least 4 members (excludes halogenated alkanes) is 28. The molecule has 0 heterocycles. The first kappa shape index (κ1) is 52.5. The van der Waals surface area contributed by atoms with Crippen LogP contribution in [0.25, 0.3) is 0 Å².